The molecule has 0 radical (unpaired) electrons. The van der Waals surface area contributed by atoms with Gasteiger partial charge in [-0.1, -0.05) is 48.2 Å². The summed E-state index contributed by atoms with van der Waals surface area (Å²) in [4.78, 5) is 13.4. The van der Waals surface area contributed by atoms with Crippen LogP contribution >= 0.6 is 23.5 Å². The van der Waals surface area contributed by atoms with Crippen LogP contribution in [0.15, 0.2) is 64.6 Å². The molecule has 0 fully saturated rings. The van der Waals surface area contributed by atoms with Crippen molar-refractivity contribution in [1.82, 2.24) is 14.8 Å². The molecule has 26 heavy (non-hydrogen) atoms. The van der Waals surface area contributed by atoms with Crippen LogP contribution in [0.5, 0.6) is 0 Å². The Labute approximate surface area is 161 Å². The number of nitrogens with one attached hydrogen (secondary N) is 1. The molecular formula is C19H20N4OS2. The molecular weight excluding hydrogens is 364 g/mol. The van der Waals surface area contributed by atoms with Crippen molar-refractivity contribution in [2.24, 2.45) is 0 Å². The van der Waals surface area contributed by atoms with E-state index in [-0.39, 0.29) is 11.7 Å². The molecule has 0 bridgehead atoms. The number of carbonyl (C=O) groups excluding carboxylic acids is 1. The number of benzene rings is 2. The summed E-state index contributed by atoms with van der Waals surface area (Å²) in [7, 11) is 0. The topological polar surface area (TPSA) is 59.8 Å². The third-order valence-electron chi connectivity index (χ3n) is 3.75. The number of hydrogen-bond donors (Lipinski definition) is 1. The number of amides is 1. The second-order valence-corrected chi connectivity index (χ2v) is 7.31. The molecule has 0 aliphatic rings. The summed E-state index contributed by atoms with van der Waals surface area (Å²) in [5.41, 5.74) is 1.83. The van der Waals surface area contributed by atoms with Gasteiger partial charge in [-0.25, -0.2) is 0 Å². The van der Waals surface area contributed by atoms with E-state index in [9.17, 15) is 4.79 Å². The first kappa shape index (κ1) is 18.5. The minimum Gasteiger partial charge on any atom is -0.325 e. The van der Waals surface area contributed by atoms with Crippen LogP contribution < -0.4 is 5.32 Å². The van der Waals surface area contributed by atoms with Crippen LogP contribution in [-0.2, 0) is 11.3 Å². The van der Waals surface area contributed by atoms with Gasteiger partial charge in [0.15, 0.2) is 11.0 Å². The Balaban J connectivity index is 1.66. The van der Waals surface area contributed by atoms with Gasteiger partial charge in [0.25, 0.3) is 0 Å². The van der Waals surface area contributed by atoms with Gasteiger partial charge in [0, 0.05) is 22.7 Å². The molecule has 0 saturated heterocycles. The maximum absolute atomic E-state index is 12.3. The average Bonchev–Trinajstić information content (AvgIpc) is 3.10. The third-order valence-corrected chi connectivity index (χ3v) is 5.44. The number of anilines is 1. The van der Waals surface area contributed by atoms with Gasteiger partial charge in [-0.3, -0.25) is 4.79 Å². The highest BCUT2D eigenvalue weighted by Crippen LogP contribution is 2.24. The molecule has 1 heterocycles. The van der Waals surface area contributed by atoms with E-state index < -0.39 is 0 Å². The molecule has 0 atom stereocenters. The van der Waals surface area contributed by atoms with Crippen molar-refractivity contribution >= 4 is 35.1 Å². The largest absolute Gasteiger partial charge is 0.325 e. The Hall–Kier alpha value is -2.25. The Bertz CT molecular complexity index is 880. The molecule has 2 aromatic carbocycles. The quantitative estimate of drug-likeness (QED) is 0.611. The molecule has 3 rings (SSSR count). The van der Waals surface area contributed by atoms with Gasteiger partial charge in [0.05, 0.1) is 5.75 Å². The van der Waals surface area contributed by atoms with E-state index in [0.717, 1.165) is 33.7 Å². The molecule has 0 spiro atoms. The van der Waals surface area contributed by atoms with E-state index in [0.29, 0.717) is 0 Å². The number of nitrogens with zero attached hydrogens (tertiary/aromatic N) is 3. The van der Waals surface area contributed by atoms with Crippen LogP contribution in [0.1, 0.15) is 6.92 Å². The molecule has 1 aromatic heterocycles. The van der Waals surface area contributed by atoms with Gasteiger partial charge in [0.1, 0.15) is 0 Å². The fraction of sp³-hybridized carbons (Fsp3) is 0.211. The van der Waals surface area contributed by atoms with Crippen LogP contribution in [0, 0.1) is 0 Å². The zero-order valence-electron chi connectivity index (χ0n) is 14.7. The number of carbonyl (C=O) groups is 1. The highest BCUT2D eigenvalue weighted by molar-refractivity contribution is 7.99. The number of hydrogen-bond acceptors (Lipinski definition) is 5. The Morgan fingerprint density at radius 3 is 2.65 bits per heavy atom. The standard InChI is InChI=1S/C19H20N4OS2/c1-3-23-18(14-8-5-4-6-9-14)21-22-19(23)26-13-17(24)20-15-10-7-11-16(12-15)25-2/h4-12H,3,13H2,1-2H3,(H,20,24). The molecule has 134 valence electrons. The van der Waals surface area contributed by atoms with E-state index in [1.165, 1.54) is 11.8 Å². The van der Waals surface area contributed by atoms with Crippen molar-refractivity contribution < 1.29 is 4.79 Å². The van der Waals surface area contributed by atoms with Gasteiger partial charge in [-0.05, 0) is 31.4 Å². The summed E-state index contributed by atoms with van der Waals surface area (Å²) in [6.45, 7) is 2.80. The SMILES string of the molecule is CCn1c(SCC(=O)Nc2cccc(SC)c2)nnc1-c1ccccc1. The monoisotopic (exact) mass is 384 g/mol. The zero-order valence-corrected chi connectivity index (χ0v) is 16.3. The number of aromatic nitrogens is 3. The normalized spacial score (nSPS) is 10.7. The first-order chi connectivity index (χ1) is 12.7. The fourth-order valence-corrected chi connectivity index (χ4v) is 3.77. The number of rotatable bonds is 7. The maximum atomic E-state index is 12.3. The smallest absolute Gasteiger partial charge is 0.234 e. The lowest BCUT2D eigenvalue weighted by Crippen LogP contribution is -2.14. The summed E-state index contributed by atoms with van der Waals surface area (Å²) in [6, 6.07) is 17.8. The van der Waals surface area contributed by atoms with Crippen molar-refractivity contribution in [1.29, 1.82) is 0 Å². The maximum Gasteiger partial charge on any atom is 0.234 e. The minimum atomic E-state index is -0.0554. The summed E-state index contributed by atoms with van der Waals surface area (Å²) >= 11 is 3.04. The zero-order chi connectivity index (χ0) is 18.4. The lowest BCUT2D eigenvalue weighted by atomic mass is 10.2. The molecule has 0 aliphatic heterocycles. The molecule has 1 amide bonds. The molecule has 3 aromatic rings. The summed E-state index contributed by atoms with van der Waals surface area (Å²) in [5, 5.41) is 12.2. The molecule has 1 N–H and O–H groups in total. The van der Waals surface area contributed by atoms with Gasteiger partial charge in [-0.2, -0.15) is 0 Å². The van der Waals surface area contributed by atoms with Gasteiger partial charge in [-0.15, -0.1) is 22.0 Å². The van der Waals surface area contributed by atoms with Gasteiger partial charge >= 0.3 is 0 Å². The van der Waals surface area contributed by atoms with Crippen LogP contribution in [0.2, 0.25) is 0 Å². The van der Waals surface area contributed by atoms with Crippen molar-refractivity contribution in [2.75, 3.05) is 17.3 Å². The van der Waals surface area contributed by atoms with Crippen molar-refractivity contribution in [3.05, 3.63) is 54.6 Å². The third kappa shape index (κ3) is 4.47. The highest BCUT2D eigenvalue weighted by atomic mass is 32.2. The molecule has 7 heteroatoms. The van der Waals surface area contributed by atoms with E-state index in [4.69, 9.17) is 0 Å². The van der Waals surface area contributed by atoms with Gasteiger partial charge < -0.3 is 9.88 Å². The first-order valence-electron chi connectivity index (χ1n) is 8.26. The minimum absolute atomic E-state index is 0.0554. The predicted molar refractivity (Wildman–Crippen MR) is 109 cm³/mol. The summed E-state index contributed by atoms with van der Waals surface area (Å²) in [5.74, 6) is 1.06. The Morgan fingerprint density at radius 1 is 1.12 bits per heavy atom. The Kier molecular flexibility index (Phi) is 6.35. The molecule has 0 saturated carbocycles. The summed E-state index contributed by atoms with van der Waals surface area (Å²) < 4.78 is 2.03. The van der Waals surface area contributed by atoms with Crippen LogP contribution in [0.25, 0.3) is 11.4 Å². The first-order valence-corrected chi connectivity index (χ1v) is 10.5. The lowest BCUT2D eigenvalue weighted by Gasteiger charge is -2.08. The highest BCUT2D eigenvalue weighted by Gasteiger charge is 2.14. The number of thioether (sulfide) groups is 2. The van der Waals surface area contributed by atoms with Crippen molar-refractivity contribution in [3.8, 4) is 11.4 Å². The van der Waals surface area contributed by atoms with E-state index in [2.05, 4.69) is 15.5 Å². The van der Waals surface area contributed by atoms with Crippen LogP contribution in [0.4, 0.5) is 5.69 Å². The van der Waals surface area contributed by atoms with Gasteiger partial charge in [0.2, 0.25) is 5.91 Å². The average molecular weight is 385 g/mol. The molecule has 0 unspecified atom stereocenters. The Morgan fingerprint density at radius 2 is 1.92 bits per heavy atom. The second kappa shape index (κ2) is 8.91. The van der Waals surface area contributed by atoms with Crippen molar-refractivity contribution in [2.45, 2.75) is 23.5 Å². The lowest BCUT2D eigenvalue weighted by molar-refractivity contribution is -0.113. The van der Waals surface area contributed by atoms with E-state index in [1.807, 2.05) is 72.3 Å². The molecule has 5 nitrogen and oxygen atoms in total. The van der Waals surface area contributed by atoms with E-state index in [1.54, 1.807) is 11.8 Å². The second-order valence-electron chi connectivity index (χ2n) is 5.49. The van der Waals surface area contributed by atoms with E-state index >= 15 is 0 Å². The van der Waals surface area contributed by atoms with Crippen molar-refractivity contribution in [3.63, 3.8) is 0 Å². The predicted octanol–water partition coefficient (Wildman–Crippen LogP) is 4.42. The van der Waals surface area contributed by atoms with Crippen LogP contribution in [-0.4, -0.2) is 32.7 Å². The summed E-state index contributed by atoms with van der Waals surface area (Å²) in [6.07, 6.45) is 2.01. The fourth-order valence-electron chi connectivity index (χ4n) is 2.51. The molecule has 0 aliphatic carbocycles. The van der Waals surface area contributed by atoms with Crippen LogP contribution in [0.3, 0.4) is 0 Å².